The molecule has 1 rings (SSSR count). The predicted molar refractivity (Wildman–Crippen MR) is 45.9 cm³/mol. The molecule has 3 nitrogen and oxygen atoms in total. The number of nitrogens with zero attached hydrogens (tertiary/aromatic N) is 2. The van der Waals surface area contributed by atoms with Crippen molar-refractivity contribution >= 4 is 11.6 Å². The highest BCUT2D eigenvalue weighted by atomic mass is 35.5. The van der Waals surface area contributed by atoms with Crippen LogP contribution in [0, 0.1) is 0 Å². The first kappa shape index (κ1) is 10.4. The molecule has 0 spiro atoms. The Morgan fingerprint density at radius 3 is 2.69 bits per heavy atom. The zero-order valence-corrected chi connectivity index (χ0v) is 7.85. The Kier molecular flexibility index (Phi) is 2.87. The Balaban J connectivity index is 2.85. The third-order valence-electron chi connectivity index (χ3n) is 1.73. The van der Waals surface area contributed by atoms with Gasteiger partial charge in [0.2, 0.25) is 0 Å². The minimum absolute atomic E-state index is 0.107. The SMILES string of the molecule is Cn1cnc(Cl)c1CC(F)(F)CN. The van der Waals surface area contributed by atoms with Crippen LogP contribution in [0.1, 0.15) is 5.69 Å². The van der Waals surface area contributed by atoms with Crippen LogP contribution in [0.15, 0.2) is 6.33 Å². The fraction of sp³-hybridized carbons (Fsp3) is 0.571. The summed E-state index contributed by atoms with van der Waals surface area (Å²) in [4.78, 5) is 3.69. The maximum absolute atomic E-state index is 12.9. The van der Waals surface area contributed by atoms with Gasteiger partial charge in [-0.25, -0.2) is 13.8 Å². The summed E-state index contributed by atoms with van der Waals surface area (Å²) < 4.78 is 27.2. The van der Waals surface area contributed by atoms with Crippen molar-refractivity contribution in [2.75, 3.05) is 6.54 Å². The minimum atomic E-state index is -2.92. The van der Waals surface area contributed by atoms with E-state index in [1.54, 1.807) is 7.05 Å². The van der Waals surface area contributed by atoms with E-state index >= 15 is 0 Å². The fourth-order valence-electron chi connectivity index (χ4n) is 0.942. The van der Waals surface area contributed by atoms with Crippen LogP contribution in [0.2, 0.25) is 5.15 Å². The van der Waals surface area contributed by atoms with E-state index < -0.39 is 18.9 Å². The monoisotopic (exact) mass is 209 g/mol. The number of rotatable bonds is 3. The Labute approximate surface area is 79.5 Å². The Morgan fingerprint density at radius 1 is 1.69 bits per heavy atom. The molecule has 0 bridgehead atoms. The number of aromatic nitrogens is 2. The highest BCUT2D eigenvalue weighted by Crippen LogP contribution is 2.22. The molecule has 1 aromatic rings. The van der Waals surface area contributed by atoms with E-state index in [1.807, 2.05) is 0 Å². The van der Waals surface area contributed by atoms with Crippen LogP contribution in [0.25, 0.3) is 0 Å². The van der Waals surface area contributed by atoms with Gasteiger partial charge in [-0.3, -0.25) is 0 Å². The molecule has 0 radical (unpaired) electrons. The molecule has 0 atom stereocenters. The highest BCUT2D eigenvalue weighted by molar-refractivity contribution is 6.30. The number of alkyl halides is 2. The smallest absolute Gasteiger partial charge is 0.265 e. The third-order valence-corrected chi connectivity index (χ3v) is 2.05. The molecular weight excluding hydrogens is 200 g/mol. The molecule has 1 aromatic heterocycles. The first-order valence-corrected chi connectivity index (χ1v) is 4.07. The van der Waals surface area contributed by atoms with Gasteiger partial charge < -0.3 is 10.3 Å². The molecule has 0 unspecified atom stereocenters. The molecule has 74 valence electrons. The minimum Gasteiger partial charge on any atom is -0.336 e. The first-order valence-electron chi connectivity index (χ1n) is 3.70. The first-order chi connectivity index (χ1) is 5.96. The highest BCUT2D eigenvalue weighted by Gasteiger charge is 2.29. The molecule has 0 fully saturated rings. The molecule has 1 heterocycles. The van der Waals surface area contributed by atoms with Crippen molar-refractivity contribution in [2.24, 2.45) is 12.8 Å². The summed E-state index contributed by atoms with van der Waals surface area (Å²) in [6, 6.07) is 0. The van der Waals surface area contributed by atoms with Crippen LogP contribution in [-0.2, 0) is 13.5 Å². The summed E-state index contributed by atoms with van der Waals surface area (Å²) in [7, 11) is 1.61. The molecule has 2 N–H and O–H groups in total. The summed E-state index contributed by atoms with van der Waals surface area (Å²) in [5.74, 6) is -2.92. The summed E-state index contributed by atoms with van der Waals surface area (Å²) in [5, 5.41) is 0.107. The molecular formula is C7H10ClF2N3. The largest absolute Gasteiger partial charge is 0.336 e. The van der Waals surface area contributed by atoms with Crippen LogP contribution in [0.4, 0.5) is 8.78 Å². The van der Waals surface area contributed by atoms with Gasteiger partial charge >= 0.3 is 0 Å². The van der Waals surface area contributed by atoms with Crippen molar-refractivity contribution in [3.8, 4) is 0 Å². The van der Waals surface area contributed by atoms with Crippen molar-refractivity contribution in [1.29, 1.82) is 0 Å². The van der Waals surface area contributed by atoms with Gasteiger partial charge in [-0.1, -0.05) is 11.6 Å². The normalized spacial score (nSPS) is 12.1. The lowest BCUT2D eigenvalue weighted by Crippen LogP contribution is -2.31. The molecule has 13 heavy (non-hydrogen) atoms. The molecule has 0 saturated carbocycles. The van der Waals surface area contributed by atoms with Gasteiger partial charge in [0, 0.05) is 7.05 Å². The topological polar surface area (TPSA) is 43.8 Å². The Hall–Kier alpha value is -0.680. The second-order valence-corrected chi connectivity index (χ2v) is 3.19. The number of hydrogen-bond acceptors (Lipinski definition) is 2. The lowest BCUT2D eigenvalue weighted by atomic mass is 10.2. The van der Waals surface area contributed by atoms with Gasteiger partial charge in [0.05, 0.1) is 25.0 Å². The Bertz CT molecular complexity index is 278. The fourth-order valence-corrected chi connectivity index (χ4v) is 1.19. The zero-order valence-electron chi connectivity index (χ0n) is 7.10. The summed E-state index contributed by atoms with van der Waals surface area (Å²) in [5.41, 5.74) is 5.20. The average Bonchev–Trinajstić information content (AvgIpc) is 2.36. The van der Waals surface area contributed by atoms with Gasteiger partial charge in [-0.05, 0) is 0 Å². The number of nitrogens with two attached hydrogens (primary N) is 1. The summed E-state index contributed by atoms with van der Waals surface area (Å²) >= 11 is 5.60. The van der Waals surface area contributed by atoms with E-state index in [-0.39, 0.29) is 5.15 Å². The predicted octanol–water partition coefficient (Wildman–Crippen LogP) is 1.21. The van der Waals surface area contributed by atoms with Crippen LogP contribution in [-0.4, -0.2) is 22.0 Å². The molecule has 0 aliphatic carbocycles. The van der Waals surface area contributed by atoms with Gasteiger partial charge in [-0.15, -0.1) is 0 Å². The number of halogens is 3. The van der Waals surface area contributed by atoms with Crippen molar-refractivity contribution in [2.45, 2.75) is 12.3 Å². The van der Waals surface area contributed by atoms with E-state index in [1.165, 1.54) is 10.9 Å². The average molecular weight is 210 g/mol. The lowest BCUT2D eigenvalue weighted by molar-refractivity contribution is 0.00992. The Morgan fingerprint density at radius 2 is 2.31 bits per heavy atom. The molecule has 0 amide bonds. The second-order valence-electron chi connectivity index (χ2n) is 2.83. The maximum atomic E-state index is 12.9. The molecule has 0 aromatic carbocycles. The van der Waals surface area contributed by atoms with Crippen molar-refractivity contribution in [3.05, 3.63) is 17.2 Å². The third kappa shape index (κ3) is 2.38. The summed E-state index contributed by atoms with van der Waals surface area (Å²) in [6.07, 6.45) is 0.920. The van der Waals surface area contributed by atoms with Crippen molar-refractivity contribution in [3.63, 3.8) is 0 Å². The molecule has 6 heteroatoms. The van der Waals surface area contributed by atoms with E-state index in [0.717, 1.165) is 0 Å². The van der Waals surface area contributed by atoms with Crippen molar-refractivity contribution in [1.82, 2.24) is 9.55 Å². The number of aryl methyl sites for hydroxylation is 1. The van der Waals surface area contributed by atoms with Gasteiger partial charge in [0.25, 0.3) is 5.92 Å². The number of hydrogen-bond donors (Lipinski definition) is 1. The quantitative estimate of drug-likeness (QED) is 0.813. The van der Waals surface area contributed by atoms with Crippen LogP contribution in [0.5, 0.6) is 0 Å². The standard InChI is InChI=1S/C7H10ClF2N3/c1-13-4-12-6(8)5(13)2-7(9,10)3-11/h4H,2-3,11H2,1H3. The van der Waals surface area contributed by atoms with E-state index in [9.17, 15) is 8.78 Å². The van der Waals surface area contributed by atoms with E-state index in [2.05, 4.69) is 4.98 Å². The van der Waals surface area contributed by atoms with E-state index in [4.69, 9.17) is 17.3 Å². The van der Waals surface area contributed by atoms with Crippen LogP contribution >= 0.6 is 11.6 Å². The molecule has 0 aliphatic heterocycles. The van der Waals surface area contributed by atoms with Crippen molar-refractivity contribution < 1.29 is 8.78 Å². The van der Waals surface area contributed by atoms with Gasteiger partial charge in [0.15, 0.2) is 0 Å². The van der Waals surface area contributed by atoms with Gasteiger partial charge in [-0.2, -0.15) is 0 Å². The van der Waals surface area contributed by atoms with Crippen LogP contribution in [0.3, 0.4) is 0 Å². The maximum Gasteiger partial charge on any atom is 0.265 e. The van der Waals surface area contributed by atoms with Crippen LogP contribution < -0.4 is 5.73 Å². The van der Waals surface area contributed by atoms with E-state index in [0.29, 0.717) is 5.69 Å². The molecule has 0 saturated heterocycles. The summed E-state index contributed by atoms with van der Waals surface area (Å²) in [6.45, 7) is -0.686. The molecule has 0 aliphatic rings. The number of imidazole rings is 1. The van der Waals surface area contributed by atoms with Gasteiger partial charge in [0.1, 0.15) is 5.15 Å². The zero-order chi connectivity index (χ0) is 10.1. The lowest BCUT2D eigenvalue weighted by Gasteiger charge is -2.13. The second kappa shape index (κ2) is 3.59.